The third kappa shape index (κ3) is 4.48. The lowest BCUT2D eigenvalue weighted by Crippen LogP contribution is -2.37. The van der Waals surface area contributed by atoms with E-state index in [1.54, 1.807) is 24.0 Å². The molecule has 0 spiro atoms. The second kappa shape index (κ2) is 9.17. The summed E-state index contributed by atoms with van der Waals surface area (Å²) in [5.41, 5.74) is 8.10. The Bertz CT molecular complexity index is 955. The summed E-state index contributed by atoms with van der Waals surface area (Å²) in [6, 6.07) is 4.49. The van der Waals surface area contributed by atoms with Crippen molar-refractivity contribution in [2.45, 2.75) is 45.8 Å². The van der Waals surface area contributed by atoms with E-state index >= 15 is 0 Å². The maximum atomic E-state index is 14.1. The minimum Gasteiger partial charge on any atom is -0.489 e. The highest BCUT2D eigenvalue weighted by Crippen LogP contribution is 2.36. The zero-order chi connectivity index (χ0) is 21.0. The smallest absolute Gasteiger partial charge is 0.247 e. The first-order valence-electron chi connectivity index (χ1n) is 9.95. The Kier molecular flexibility index (Phi) is 6.64. The van der Waals surface area contributed by atoms with E-state index in [0.717, 1.165) is 36.3 Å². The summed E-state index contributed by atoms with van der Waals surface area (Å²) >= 11 is 0. The molecule has 0 fully saturated rings. The monoisotopic (exact) mass is 400 g/mol. The van der Waals surface area contributed by atoms with Gasteiger partial charge < -0.3 is 15.4 Å². The Morgan fingerprint density at radius 1 is 1.38 bits per heavy atom. The molecule has 0 aliphatic carbocycles. The third-order valence-electron chi connectivity index (χ3n) is 5.08. The number of aromatic nitrogens is 2. The number of anilines is 1. The number of hydrogen-bond acceptors (Lipinski definition) is 6. The summed E-state index contributed by atoms with van der Waals surface area (Å²) in [6.45, 7) is 7.00. The summed E-state index contributed by atoms with van der Waals surface area (Å²) in [7, 11) is 1.69. The van der Waals surface area contributed by atoms with Crippen LogP contribution in [0.3, 0.4) is 0 Å². The molecule has 2 N–H and O–H groups in total. The molecule has 29 heavy (non-hydrogen) atoms. The Morgan fingerprint density at radius 3 is 2.86 bits per heavy atom. The molecule has 8 heteroatoms. The second-order valence-corrected chi connectivity index (χ2v) is 7.15. The number of ether oxygens (including phenoxy) is 1. The van der Waals surface area contributed by atoms with Crippen LogP contribution in [0, 0.1) is 5.82 Å². The number of hydrogen-bond donors (Lipinski definition) is 1. The number of aryl methyl sites for hydroxylation is 1. The van der Waals surface area contributed by atoms with E-state index in [9.17, 15) is 4.39 Å². The van der Waals surface area contributed by atoms with E-state index in [-0.39, 0.29) is 18.0 Å². The number of nitrogens with zero attached hydrogens (tertiary/aromatic N) is 5. The fourth-order valence-electron chi connectivity index (χ4n) is 3.58. The molecule has 1 aliphatic heterocycles. The van der Waals surface area contributed by atoms with Crippen LogP contribution in [-0.2, 0) is 6.42 Å². The fourth-order valence-corrected chi connectivity index (χ4v) is 3.58. The van der Waals surface area contributed by atoms with Gasteiger partial charge in [0, 0.05) is 43.7 Å². The second-order valence-electron chi connectivity index (χ2n) is 7.15. The first kappa shape index (κ1) is 21.0. The standard InChI is InChI=1S/C21H29FN6O/c1-5-25-28-13-16-7-6-10-27(20(16)26-21(28)24-4)15(3)18-11-17(22)8-9-19(18)29-14(2)12-23/h5,8-9,11,13-15H,6-7,10,12,23H2,1-4H3/b24-21?,25-5-. The Morgan fingerprint density at radius 2 is 2.17 bits per heavy atom. The van der Waals surface area contributed by atoms with Crippen molar-refractivity contribution in [2.75, 3.05) is 25.0 Å². The minimum absolute atomic E-state index is 0.132. The molecule has 1 aromatic carbocycles. The number of nitrogens with two attached hydrogens (primary N) is 1. The molecule has 1 aliphatic rings. The zero-order valence-electron chi connectivity index (χ0n) is 17.5. The molecular formula is C21H29FN6O. The summed E-state index contributed by atoms with van der Waals surface area (Å²) in [5, 5.41) is 4.32. The van der Waals surface area contributed by atoms with Crippen LogP contribution in [0.15, 0.2) is 34.5 Å². The van der Waals surface area contributed by atoms with E-state index in [0.29, 0.717) is 17.9 Å². The predicted molar refractivity (Wildman–Crippen MR) is 113 cm³/mol. The van der Waals surface area contributed by atoms with Crippen molar-refractivity contribution in [3.8, 4) is 5.75 Å². The van der Waals surface area contributed by atoms with Crippen LogP contribution in [0.4, 0.5) is 10.2 Å². The van der Waals surface area contributed by atoms with Gasteiger partial charge in [0.25, 0.3) is 0 Å². The molecule has 0 radical (unpaired) electrons. The fraction of sp³-hybridized carbons (Fsp3) is 0.476. The maximum absolute atomic E-state index is 14.1. The lowest BCUT2D eigenvalue weighted by Gasteiger charge is -2.36. The lowest BCUT2D eigenvalue weighted by molar-refractivity contribution is 0.226. The first-order chi connectivity index (χ1) is 14.0. The van der Waals surface area contributed by atoms with Crippen molar-refractivity contribution in [1.29, 1.82) is 0 Å². The van der Waals surface area contributed by atoms with Crippen LogP contribution in [0.1, 0.15) is 44.4 Å². The molecule has 7 nitrogen and oxygen atoms in total. The molecule has 2 heterocycles. The highest BCUT2D eigenvalue weighted by molar-refractivity contribution is 5.54. The van der Waals surface area contributed by atoms with Gasteiger partial charge in [0.05, 0.1) is 6.04 Å². The molecule has 0 bridgehead atoms. The van der Waals surface area contributed by atoms with Crippen molar-refractivity contribution >= 4 is 12.0 Å². The van der Waals surface area contributed by atoms with Crippen LogP contribution in [0.5, 0.6) is 5.75 Å². The van der Waals surface area contributed by atoms with E-state index < -0.39 is 0 Å². The van der Waals surface area contributed by atoms with E-state index in [1.165, 1.54) is 12.1 Å². The molecule has 1 aromatic heterocycles. The topological polar surface area (TPSA) is 81.0 Å². The first-order valence-corrected chi connectivity index (χ1v) is 9.95. The predicted octanol–water partition coefficient (Wildman–Crippen LogP) is 2.65. The van der Waals surface area contributed by atoms with Gasteiger partial charge in [-0.25, -0.2) is 9.07 Å². The molecule has 3 rings (SSSR count). The summed E-state index contributed by atoms with van der Waals surface area (Å²) in [6.07, 6.45) is 5.41. The van der Waals surface area contributed by atoms with Crippen LogP contribution in [0.25, 0.3) is 0 Å². The van der Waals surface area contributed by atoms with Crippen molar-refractivity contribution in [3.63, 3.8) is 0 Å². The van der Waals surface area contributed by atoms with Crippen molar-refractivity contribution < 1.29 is 9.13 Å². The number of benzene rings is 1. The molecule has 2 aromatic rings. The van der Waals surface area contributed by atoms with Gasteiger partial charge in [-0.1, -0.05) is 0 Å². The van der Waals surface area contributed by atoms with Crippen LogP contribution in [0.2, 0.25) is 0 Å². The minimum atomic E-state index is -0.294. The lowest BCUT2D eigenvalue weighted by atomic mass is 10.0. The average molecular weight is 401 g/mol. The SMILES string of the molecule is C/C=N\n1cc2c(nc1=NC)N(C(C)c1cc(F)ccc1OC(C)CN)CCC2. The van der Waals surface area contributed by atoms with E-state index in [4.69, 9.17) is 15.5 Å². The number of rotatable bonds is 6. The van der Waals surface area contributed by atoms with Crippen LogP contribution >= 0.6 is 0 Å². The summed E-state index contributed by atoms with van der Waals surface area (Å²) in [4.78, 5) is 11.2. The van der Waals surface area contributed by atoms with Crippen LogP contribution in [-0.4, -0.2) is 42.1 Å². The van der Waals surface area contributed by atoms with Gasteiger partial charge in [-0.3, -0.25) is 4.99 Å². The highest BCUT2D eigenvalue weighted by atomic mass is 19.1. The molecule has 2 unspecified atom stereocenters. The van der Waals surface area contributed by atoms with Gasteiger partial charge in [-0.05, 0) is 51.8 Å². The van der Waals surface area contributed by atoms with Crippen molar-refractivity contribution in [2.24, 2.45) is 15.8 Å². The van der Waals surface area contributed by atoms with Crippen LogP contribution < -0.4 is 21.0 Å². The highest BCUT2D eigenvalue weighted by Gasteiger charge is 2.27. The molecule has 0 saturated carbocycles. The van der Waals surface area contributed by atoms with E-state index in [2.05, 4.69) is 15.0 Å². The number of fused-ring (bicyclic) bond motifs is 1. The Hall–Kier alpha value is -2.74. The van der Waals surface area contributed by atoms with Gasteiger partial charge in [-0.15, -0.1) is 0 Å². The maximum Gasteiger partial charge on any atom is 0.247 e. The van der Waals surface area contributed by atoms with Gasteiger partial charge in [0.2, 0.25) is 5.62 Å². The van der Waals surface area contributed by atoms with Gasteiger partial charge in [0.15, 0.2) is 0 Å². The zero-order valence-corrected chi connectivity index (χ0v) is 17.5. The quantitative estimate of drug-likeness (QED) is 0.756. The molecule has 156 valence electrons. The largest absolute Gasteiger partial charge is 0.489 e. The average Bonchev–Trinajstić information content (AvgIpc) is 2.73. The van der Waals surface area contributed by atoms with Crippen molar-refractivity contribution in [1.82, 2.24) is 9.66 Å². The molecule has 2 atom stereocenters. The Balaban J connectivity index is 2.04. The van der Waals surface area contributed by atoms with Crippen molar-refractivity contribution in [3.05, 3.63) is 47.0 Å². The summed E-state index contributed by atoms with van der Waals surface area (Å²) in [5.74, 6) is 1.21. The third-order valence-corrected chi connectivity index (χ3v) is 5.08. The molecule has 0 amide bonds. The Labute approximate surface area is 170 Å². The molecule has 0 saturated heterocycles. The number of halogens is 1. The summed E-state index contributed by atoms with van der Waals surface area (Å²) < 4.78 is 21.7. The molecular weight excluding hydrogens is 371 g/mol. The van der Waals surface area contributed by atoms with Gasteiger partial charge in [-0.2, -0.15) is 10.1 Å². The normalized spacial score (nSPS) is 16.8. The van der Waals surface area contributed by atoms with Gasteiger partial charge in [0.1, 0.15) is 23.5 Å². The van der Waals surface area contributed by atoms with E-state index in [1.807, 2.05) is 27.0 Å². The van der Waals surface area contributed by atoms with Gasteiger partial charge >= 0.3 is 0 Å².